The Labute approximate surface area is 123 Å². The SMILES string of the molecule is C=CCC1(CC=C)C(=O)NC(=NC(=O)NC(C)C)NC1=O. The fourth-order valence-electron chi connectivity index (χ4n) is 1.97. The van der Waals surface area contributed by atoms with E-state index >= 15 is 0 Å². The molecule has 0 aromatic heterocycles. The molecule has 0 aliphatic carbocycles. The van der Waals surface area contributed by atoms with Gasteiger partial charge in [0.1, 0.15) is 5.41 Å². The van der Waals surface area contributed by atoms with Crippen LogP contribution in [0.25, 0.3) is 0 Å². The normalized spacial score (nSPS) is 16.8. The third-order valence-corrected chi connectivity index (χ3v) is 2.94. The number of carbonyl (C=O) groups is 3. The van der Waals surface area contributed by atoms with E-state index in [0.29, 0.717) is 0 Å². The number of allylic oxidation sites excluding steroid dienone is 2. The number of urea groups is 1. The van der Waals surface area contributed by atoms with Crippen molar-refractivity contribution < 1.29 is 14.4 Å². The van der Waals surface area contributed by atoms with Gasteiger partial charge in [-0.1, -0.05) is 12.2 Å². The van der Waals surface area contributed by atoms with Crippen LogP contribution in [0.2, 0.25) is 0 Å². The van der Waals surface area contributed by atoms with Crippen molar-refractivity contribution in [3.05, 3.63) is 25.3 Å². The van der Waals surface area contributed by atoms with E-state index in [1.54, 1.807) is 13.8 Å². The number of amides is 4. The molecule has 0 aromatic carbocycles. The topological polar surface area (TPSA) is 99.7 Å². The molecule has 0 bridgehead atoms. The Morgan fingerprint density at radius 1 is 1.24 bits per heavy atom. The van der Waals surface area contributed by atoms with Gasteiger partial charge >= 0.3 is 6.03 Å². The van der Waals surface area contributed by atoms with Gasteiger partial charge < -0.3 is 5.32 Å². The number of rotatable bonds is 5. The number of hydrogen-bond acceptors (Lipinski definition) is 3. The van der Waals surface area contributed by atoms with Crippen LogP contribution in [0.15, 0.2) is 30.3 Å². The molecule has 1 heterocycles. The van der Waals surface area contributed by atoms with E-state index in [4.69, 9.17) is 0 Å². The molecule has 0 spiro atoms. The molecule has 7 heteroatoms. The van der Waals surface area contributed by atoms with Crippen molar-refractivity contribution in [2.45, 2.75) is 32.7 Å². The Bertz CT molecular complexity index is 476. The highest BCUT2D eigenvalue weighted by atomic mass is 16.2. The lowest BCUT2D eigenvalue weighted by atomic mass is 9.78. The maximum atomic E-state index is 12.2. The highest BCUT2D eigenvalue weighted by Crippen LogP contribution is 2.30. The summed E-state index contributed by atoms with van der Waals surface area (Å²) < 4.78 is 0. The Morgan fingerprint density at radius 2 is 1.71 bits per heavy atom. The van der Waals surface area contributed by atoms with Gasteiger partial charge in [0.15, 0.2) is 0 Å². The lowest BCUT2D eigenvalue weighted by Crippen LogP contribution is -2.63. The first-order valence-corrected chi connectivity index (χ1v) is 6.59. The first-order valence-electron chi connectivity index (χ1n) is 6.59. The molecular weight excluding hydrogens is 272 g/mol. The first kappa shape index (κ1) is 16.6. The molecule has 1 rings (SSSR count). The smallest absolute Gasteiger partial charge is 0.334 e. The first-order chi connectivity index (χ1) is 9.85. The van der Waals surface area contributed by atoms with Gasteiger partial charge in [-0.15, -0.1) is 13.2 Å². The second-order valence-corrected chi connectivity index (χ2v) is 5.04. The Kier molecular flexibility index (Phi) is 5.40. The minimum absolute atomic E-state index is 0.0996. The van der Waals surface area contributed by atoms with E-state index in [0.717, 1.165) is 0 Å². The highest BCUT2D eigenvalue weighted by Gasteiger charge is 2.47. The van der Waals surface area contributed by atoms with E-state index in [2.05, 4.69) is 34.1 Å². The van der Waals surface area contributed by atoms with E-state index < -0.39 is 23.3 Å². The fraction of sp³-hybridized carbons (Fsp3) is 0.429. The van der Waals surface area contributed by atoms with E-state index in [9.17, 15) is 14.4 Å². The molecule has 4 amide bonds. The van der Waals surface area contributed by atoms with Crippen molar-refractivity contribution in [3.8, 4) is 0 Å². The Hall–Kier alpha value is -2.44. The predicted octanol–water partition coefficient (Wildman–Crippen LogP) is 0.845. The van der Waals surface area contributed by atoms with Crippen LogP contribution in [-0.4, -0.2) is 29.8 Å². The number of nitrogens with one attached hydrogen (secondary N) is 3. The number of hydrogen-bond donors (Lipinski definition) is 3. The second-order valence-electron chi connectivity index (χ2n) is 5.04. The van der Waals surface area contributed by atoms with Crippen LogP contribution in [0.1, 0.15) is 26.7 Å². The van der Waals surface area contributed by atoms with Gasteiger partial charge in [-0.3, -0.25) is 20.2 Å². The molecule has 3 N–H and O–H groups in total. The van der Waals surface area contributed by atoms with Crippen LogP contribution < -0.4 is 16.0 Å². The van der Waals surface area contributed by atoms with Crippen molar-refractivity contribution >= 4 is 23.8 Å². The van der Waals surface area contributed by atoms with Crippen LogP contribution in [-0.2, 0) is 9.59 Å². The van der Waals surface area contributed by atoms with Crippen molar-refractivity contribution in [2.24, 2.45) is 10.4 Å². The van der Waals surface area contributed by atoms with E-state index in [-0.39, 0.29) is 24.8 Å². The van der Waals surface area contributed by atoms with E-state index in [1.807, 2.05) is 0 Å². The second kappa shape index (κ2) is 6.83. The summed E-state index contributed by atoms with van der Waals surface area (Å²) in [5, 5.41) is 7.40. The van der Waals surface area contributed by atoms with Crippen LogP contribution in [0.3, 0.4) is 0 Å². The third kappa shape index (κ3) is 3.77. The molecule has 1 aliphatic heterocycles. The summed E-state index contributed by atoms with van der Waals surface area (Å²) in [7, 11) is 0. The van der Waals surface area contributed by atoms with Gasteiger partial charge in [0.25, 0.3) is 0 Å². The van der Waals surface area contributed by atoms with Gasteiger partial charge in [0, 0.05) is 6.04 Å². The minimum atomic E-state index is -1.29. The monoisotopic (exact) mass is 292 g/mol. The molecule has 0 aromatic rings. The van der Waals surface area contributed by atoms with E-state index in [1.165, 1.54) is 12.2 Å². The van der Waals surface area contributed by atoms with Crippen LogP contribution in [0, 0.1) is 5.41 Å². The molecule has 0 radical (unpaired) electrons. The average Bonchev–Trinajstić information content (AvgIpc) is 2.35. The maximum absolute atomic E-state index is 12.2. The van der Waals surface area contributed by atoms with Crippen LogP contribution in [0.5, 0.6) is 0 Å². The molecule has 114 valence electrons. The average molecular weight is 292 g/mol. The molecule has 1 aliphatic rings. The summed E-state index contributed by atoms with van der Waals surface area (Å²) in [5.41, 5.74) is -1.29. The van der Waals surface area contributed by atoms with Crippen molar-refractivity contribution in [1.29, 1.82) is 0 Å². The van der Waals surface area contributed by atoms with Crippen LogP contribution in [0.4, 0.5) is 4.79 Å². The minimum Gasteiger partial charge on any atom is -0.334 e. The molecule has 0 saturated carbocycles. The Balaban J connectivity index is 2.95. The quantitative estimate of drug-likeness (QED) is 0.517. The van der Waals surface area contributed by atoms with Gasteiger partial charge in [-0.2, -0.15) is 4.99 Å². The van der Waals surface area contributed by atoms with Crippen molar-refractivity contribution in [2.75, 3.05) is 0 Å². The molecule has 0 atom stereocenters. The summed E-state index contributed by atoms with van der Waals surface area (Å²) in [6.45, 7) is 10.7. The molecule has 0 unspecified atom stereocenters. The molecular formula is C14H20N4O3. The van der Waals surface area contributed by atoms with Gasteiger partial charge in [-0.25, -0.2) is 4.79 Å². The summed E-state index contributed by atoms with van der Waals surface area (Å²) in [6.07, 6.45) is 3.33. The third-order valence-electron chi connectivity index (χ3n) is 2.94. The molecule has 1 saturated heterocycles. The summed E-state index contributed by atoms with van der Waals surface area (Å²) in [4.78, 5) is 39.6. The number of aliphatic imine (C=N–C) groups is 1. The maximum Gasteiger partial charge on any atom is 0.344 e. The standard InChI is InChI=1S/C14H20N4O3/c1-5-7-14(8-6-2)10(19)16-12(17-11(14)20)18-13(21)15-9(3)4/h5-6,9H,1-2,7-8H2,3-4H3,(H3,15,16,17,18,19,20,21). The van der Waals surface area contributed by atoms with Crippen molar-refractivity contribution in [1.82, 2.24) is 16.0 Å². The molecule has 1 fully saturated rings. The van der Waals surface area contributed by atoms with Gasteiger partial charge in [0.2, 0.25) is 17.8 Å². The Morgan fingerprint density at radius 3 is 2.10 bits per heavy atom. The number of nitrogens with zero attached hydrogens (tertiary/aromatic N) is 1. The predicted molar refractivity (Wildman–Crippen MR) is 79.4 cm³/mol. The summed E-state index contributed by atoms with van der Waals surface area (Å²) in [6, 6.07) is -0.738. The largest absolute Gasteiger partial charge is 0.344 e. The zero-order chi connectivity index (χ0) is 16.0. The van der Waals surface area contributed by atoms with Crippen LogP contribution >= 0.6 is 0 Å². The molecule has 7 nitrogen and oxygen atoms in total. The lowest BCUT2D eigenvalue weighted by molar-refractivity contribution is -0.143. The summed E-state index contributed by atoms with van der Waals surface area (Å²) >= 11 is 0. The fourth-order valence-corrected chi connectivity index (χ4v) is 1.97. The van der Waals surface area contributed by atoms with Crippen molar-refractivity contribution in [3.63, 3.8) is 0 Å². The number of guanidine groups is 1. The lowest BCUT2D eigenvalue weighted by Gasteiger charge is -2.33. The summed E-state index contributed by atoms with van der Waals surface area (Å²) in [5.74, 6) is -1.23. The zero-order valence-corrected chi connectivity index (χ0v) is 12.2. The van der Waals surface area contributed by atoms with Gasteiger partial charge in [0.05, 0.1) is 0 Å². The zero-order valence-electron chi connectivity index (χ0n) is 12.2. The number of carbonyl (C=O) groups excluding carboxylic acids is 3. The van der Waals surface area contributed by atoms with Gasteiger partial charge in [-0.05, 0) is 26.7 Å². The highest BCUT2D eigenvalue weighted by molar-refractivity contribution is 6.21. The molecule has 21 heavy (non-hydrogen) atoms.